The van der Waals surface area contributed by atoms with Gasteiger partial charge in [-0.25, -0.2) is 0 Å². The van der Waals surface area contributed by atoms with E-state index >= 15 is 0 Å². The van der Waals surface area contributed by atoms with Gasteiger partial charge in [0.05, 0.1) is 10.6 Å². The van der Waals surface area contributed by atoms with Crippen LogP contribution in [0.3, 0.4) is 0 Å². The molecule has 0 saturated carbocycles. The lowest BCUT2D eigenvalue weighted by Crippen LogP contribution is -2.15. The molecule has 0 spiro atoms. The fourth-order valence-corrected chi connectivity index (χ4v) is 1.87. The topological polar surface area (TPSA) is 26.3 Å². The fourth-order valence-electron chi connectivity index (χ4n) is 0.970. The van der Waals surface area contributed by atoms with Gasteiger partial charge in [0, 0.05) is 11.1 Å². The van der Waals surface area contributed by atoms with Crippen LogP contribution in [0.25, 0.3) is 0 Å². The lowest BCUT2D eigenvalue weighted by atomic mass is 10.3. The minimum Gasteiger partial charge on any atom is -0.425 e. The van der Waals surface area contributed by atoms with Crippen molar-refractivity contribution in [3.8, 4) is 5.75 Å². The van der Waals surface area contributed by atoms with E-state index in [0.717, 1.165) is 4.90 Å². The number of esters is 1. The maximum atomic E-state index is 10.9. The number of thioether (sulfide) groups is 1. The van der Waals surface area contributed by atoms with Gasteiger partial charge in [0.1, 0.15) is 5.75 Å². The average Bonchev–Trinajstić information content (AvgIpc) is 2.03. The molecule has 0 aliphatic carbocycles. The van der Waals surface area contributed by atoms with E-state index in [9.17, 15) is 4.79 Å². The van der Waals surface area contributed by atoms with E-state index < -0.39 is 0 Å². The third-order valence-corrected chi connectivity index (χ3v) is 2.74. The largest absolute Gasteiger partial charge is 0.425 e. The number of benzene rings is 1. The van der Waals surface area contributed by atoms with Crippen molar-refractivity contribution < 1.29 is 9.53 Å². The van der Waals surface area contributed by atoms with Gasteiger partial charge in [-0.3, -0.25) is 4.79 Å². The molecule has 0 amide bonds. The first kappa shape index (κ1) is 7.95. The second-order valence-electron chi connectivity index (χ2n) is 2.35. The molecule has 62 valence electrons. The summed E-state index contributed by atoms with van der Waals surface area (Å²) in [6, 6.07) is 5.29. The Kier molecular flexibility index (Phi) is 1.98. The van der Waals surface area contributed by atoms with E-state index in [0.29, 0.717) is 16.5 Å². The van der Waals surface area contributed by atoms with E-state index in [4.69, 9.17) is 16.3 Å². The molecule has 1 aromatic rings. The summed E-state index contributed by atoms with van der Waals surface area (Å²) in [6.45, 7) is 0. The van der Waals surface area contributed by atoms with Crippen LogP contribution < -0.4 is 4.74 Å². The van der Waals surface area contributed by atoms with Crippen LogP contribution >= 0.6 is 23.4 Å². The number of halogens is 1. The summed E-state index contributed by atoms with van der Waals surface area (Å²) >= 11 is 7.20. The van der Waals surface area contributed by atoms with Crippen molar-refractivity contribution in [1.82, 2.24) is 0 Å². The first-order chi connectivity index (χ1) is 5.75. The van der Waals surface area contributed by atoms with Crippen LogP contribution in [0.15, 0.2) is 23.1 Å². The minimum atomic E-state index is -0.213. The Morgan fingerprint density at radius 1 is 1.50 bits per heavy atom. The maximum Gasteiger partial charge on any atom is 0.321 e. The zero-order chi connectivity index (χ0) is 8.55. The standard InChI is InChI=1S/C8H5ClO2S/c9-5-1-2-7-6(3-5)11-8(10)4-12-7/h1-3H,4H2. The van der Waals surface area contributed by atoms with Gasteiger partial charge in [0.2, 0.25) is 0 Å². The van der Waals surface area contributed by atoms with E-state index in [1.54, 1.807) is 12.1 Å². The predicted octanol–water partition coefficient (Wildman–Crippen LogP) is 2.35. The number of fused-ring (bicyclic) bond motifs is 1. The van der Waals surface area contributed by atoms with Gasteiger partial charge in [-0.2, -0.15) is 0 Å². The van der Waals surface area contributed by atoms with E-state index in [1.807, 2.05) is 6.07 Å². The van der Waals surface area contributed by atoms with Crippen LogP contribution in [0.5, 0.6) is 5.75 Å². The molecule has 0 aromatic heterocycles. The minimum absolute atomic E-state index is 0.213. The molecule has 2 rings (SSSR count). The summed E-state index contributed by atoms with van der Waals surface area (Å²) in [5, 5.41) is 0.587. The molecule has 0 unspecified atom stereocenters. The number of carbonyl (C=O) groups excluding carboxylic acids is 1. The summed E-state index contributed by atoms with van der Waals surface area (Å²) < 4.78 is 4.97. The van der Waals surface area contributed by atoms with Gasteiger partial charge in [-0.15, -0.1) is 11.8 Å². The summed E-state index contributed by atoms with van der Waals surface area (Å²) in [5.74, 6) is 0.743. The number of carbonyl (C=O) groups is 1. The van der Waals surface area contributed by atoms with Crippen LogP contribution in [0.1, 0.15) is 0 Å². The highest BCUT2D eigenvalue weighted by molar-refractivity contribution is 8.00. The monoisotopic (exact) mass is 200 g/mol. The lowest BCUT2D eigenvalue weighted by Gasteiger charge is -2.14. The number of rotatable bonds is 0. The van der Waals surface area contributed by atoms with Crippen LogP contribution in [0.4, 0.5) is 0 Å². The molecule has 12 heavy (non-hydrogen) atoms. The summed E-state index contributed by atoms with van der Waals surface area (Å²) in [5.41, 5.74) is 0. The Labute approximate surface area is 78.9 Å². The molecule has 2 nitrogen and oxygen atoms in total. The molecule has 0 radical (unpaired) electrons. The highest BCUT2D eigenvalue weighted by Crippen LogP contribution is 2.35. The van der Waals surface area contributed by atoms with Crippen molar-refractivity contribution in [3.63, 3.8) is 0 Å². The van der Waals surface area contributed by atoms with Gasteiger partial charge in [-0.05, 0) is 12.1 Å². The molecule has 0 N–H and O–H groups in total. The van der Waals surface area contributed by atoms with Crippen LogP contribution in [0.2, 0.25) is 5.02 Å². The van der Waals surface area contributed by atoms with E-state index in [2.05, 4.69) is 0 Å². The zero-order valence-corrected chi connectivity index (χ0v) is 7.61. The van der Waals surface area contributed by atoms with Crippen LogP contribution in [-0.2, 0) is 4.79 Å². The number of hydrogen-bond acceptors (Lipinski definition) is 3. The fraction of sp³-hybridized carbons (Fsp3) is 0.125. The first-order valence-corrected chi connectivity index (χ1v) is 4.75. The number of hydrogen-bond donors (Lipinski definition) is 0. The highest BCUT2D eigenvalue weighted by atomic mass is 35.5. The third kappa shape index (κ3) is 1.42. The average molecular weight is 201 g/mol. The van der Waals surface area contributed by atoms with Crippen molar-refractivity contribution in [2.75, 3.05) is 5.75 Å². The van der Waals surface area contributed by atoms with E-state index in [-0.39, 0.29) is 5.97 Å². The molecule has 1 aliphatic heterocycles. The highest BCUT2D eigenvalue weighted by Gasteiger charge is 2.17. The molecule has 1 aromatic carbocycles. The molecule has 0 atom stereocenters. The zero-order valence-electron chi connectivity index (χ0n) is 6.04. The van der Waals surface area contributed by atoms with E-state index in [1.165, 1.54) is 11.8 Å². The summed E-state index contributed by atoms with van der Waals surface area (Å²) in [7, 11) is 0. The van der Waals surface area contributed by atoms with Crippen LogP contribution in [0, 0.1) is 0 Å². The van der Waals surface area contributed by atoms with Crippen molar-refractivity contribution in [2.24, 2.45) is 0 Å². The quantitative estimate of drug-likeness (QED) is 0.475. The second kappa shape index (κ2) is 2.99. The first-order valence-electron chi connectivity index (χ1n) is 3.39. The smallest absolute Gasteiger partial charge is 0.321 e. The Bertz CT molecular complexity index is 338. The second-order valence-corrected chi connectivity index (χ2v) is 3.81. The lowest BCUT2D eigenvalue weighted by molar-refractivity contribution is -0.131. The molecule has 0 fully saturated rings. The molecule has 1 aliphatic rings. The molecule has 0 saturated heterocycles. The molecule has 4 heteroatoms. The SMILES string of the molecule is O=C1CSc2ccc(Cl)cc2O1. The predicted molar refractivity (Wildman–Crippen MR) is 47.8 cm³/mol. The maximum absolute atomic E-state index is 10.9. The van der Waals surface area contributed by atoms with Crippen molar-refractivity contribution >= 4 is 29.3 Å². The van der Waals surface area contributed by atoms with Gasteiger partial charge < -0.3 is 4.74 Å². The van der Waals surface area contributed by atoms with Crippen molar-refractivity contribution in [1.29, 1.82) is 0 Å². The molecular formula is C8H5ClO2S. The van der Waals surface area contributed by atoms with Crippen molar-refractivity contribution in [3.05, 3.63) is 23.2 Å². The Balaban J connectivity index is 2.44. The molecule has 1 heterocycles. The number of ether oxygens (including phenoxy) is 1. The van der Waals surface area contributed by atoms with Gasteiger partial charge in [0.25, 0.3) is 0 Å². The van der Waals surface area contributed by atoms with Crippen molar-refractivity contribution in [2.45, 2.75) is 4.90 Å². The third-order valence-electron chi connectivity index (χ3n) is 1.48. The van der Waals surface area contributed by atoms with Gasteiger partial charge >= 0.3 is 5.97 Å². The Morgan fingerprint density at radius 3 is 3.17 bits per heavy atom. The summed E-state index contributed by atoms with van der Waals surface area (Å²) in [6.07, 6.45) is 0. The Hall–Kier alpha value is -0.670. The van der Waals surface area contributed by atoms with Crippen LogP contribution in [-0.4, -0.2) is 11.7 Å². The Morgan fingerprint density at radius 2 is 2.33 bits per heavy atom. The van der Waals surface area contributed by atoms with Gasteiger partial charge in [0.15, 0.2) is 0 Å². The van der Waals surface area contributed by atoms with Gasteiger partial charge in [-0.1, -0.05) is 11.6 Å². The molecular weight excluding hydrogens is 196 g/mol. The molecule has 0 bridgehead atoms. The summed E-state index contributed by atoms with van der Waals surface area (Å²) in [4.78, 5) is 11.8. The normalized spacial score (nSPS) is 15.2.